The van der Waals surface area contributed by atoms with E-state index in [2.05, 4.69) is 43.3 Å². The van der Waals surface area contributed by atoms with Crippen LogP contribution in [-0.4, -0.2) is 8.42 Å². The van der Waals surface area contributed by atoms with Gasteiger partial charge in [0.15, 0.2) is 0 Å². The van der Waals surface area contributed by atoms with Crippen molar-refractivity contribution in [2.24, 2.45) is 10.6 Å². The predicted molar refractivity (Wildman–Crippen MR) is 116 cm³/mol. The SMILES string of the molecule is CCc1ccc(C2=C(c3ccc(CS(N)(=O)=O)cc3)CC3(CCCC3)C2)cc1. The Morgan fingerprint density at radius 1 is 0.821 bits per heavy atom. The highest BCUT2D eigenvalue weighted by atomic mass is 32.2. The minimum Gasteiger partial charge on any atom is -0.228 e. The van der Waals surface area contributed by atoms with Crippen LogP contribution in [0.25, 0.3) is 11.1 Å². The van der Waals surface area contributed by atoms with Crippen molar-refractivity contribution in [3.05, 3.63) is 70.8 Å². The van der Waals surface area contributed by atoms with Crippen LogP contribution in [0.4, 0.5) is 0 Å². The molecular formula is C24H29NO2S. The average Bonchev–Trinajstić information content (AvgIpc) is 3.28. The Hall–Kier alpha value is -1.91. The largest absolute Gasteiger partial charge is 0.228 e. The molecule has 4 heteroatoms. The highest BCUT2D eigenvalue weighted by molar-refractivity contribution is 7.88. The molecule has 2 N–H and O–H groups in total. The first kappa shape index (κ1) is 19.4. The average molecular weight is 396 g/mol. The molecule has 4 rings (SSSR count). The maximum atomic E-state index is 11.4. The van der Waals surface area contributed by atoms with Gasteiger partial charge in [0.05, 0.1) is 5.75 Å². The van der Waals surface area contributed by atoms with Crippen molar-refractivity contribution in [2.75, 3.05) is 0 Å². The van der Waals surface area contributed by atoms with Crippen LogP contribution in [0.5, 0.6) is 0 Å². The number of aryl methyl sites for hydroxylation is 1. The van der Waals surface area contributed by atoms with Gasteiger partial charge < -0.3 is 0 Å². The van der Waals surface area contributed by atoms with Crippen molar-refractivity contribution >= 4 is 21.2 Å². The molecule has 148 valence electrons. The lowest BCUT2D eigenvalue weighted by atomic mass is 9.81. The summed E-state index contributed by atoms with van der Waals surface area (Å²) in [7, 11) is -3.50. The minimum atomic E-state index is -3.50. The summed E-state index contributed by atoms with van der Waals surface area (Å²) in [6.45, 7) is 2.19. The molecule has 1 saturated carbocycles. The molecule has 2 aromatic carbocycles. The third kappa shape index (κ3) is 4.08. The second-order valence-corrected chi connectivity index (χ2v) is 10.2. The molecule has 0 unspecified atom stereocenters. The first-order chi connectivity index (χ1) is 13.4. The van der Waals surface area contributed by atoms with E-state index in [1.807, 2.05) is 12.1 Å². The van der Waals surface area contributed by atoms with E-state index >= 15 is 0 Å². The zero-order valence-electron chi connectivity index (χ0n) is 16.6. The molecule has 0 amide bonds. The van der Waals surface area contributed by atoms with Crippen molar-refractivity contribution in [3.63, 3.8) is 0 Å². The van der Waals surface area contributed by atoms with Gasteiger partial charge in [0.25, 0.3) is 0 Å². The minimum absolute atomic E-state index is 0.110. The van der Waals surface area contributed by atoms with E-state index in [-0.39, 0.29) is 5.75 Å². The van der Waals surface area contributed by atoms with Crippen LogP contribution >= 0.6 is 0 Å². The van der Waals surface area contributed by atoms with Crippen molar-refractivity contribution in [2.45, 2.75) is 57.6 Å². The van der Waals surface area contributed by atoms with Gasteiger partial charge in [0.1, 0.15) is 0 Å². The molecule has 28 heavy (non-hydrogen) atoms. The molecule has 3 nitrogen and oxygen atoms in total. The van der Waals surface area contributed by atoms with Gasteiger partial charge in [-0.15, -0.1) is 0 Å². The van der Waals surface area contributed by atoms with Crippen LogP contribution in [-0.2, 0) is 22.2 Å². The second kappa shape index (κ2) is 7.49. The lowest BCUT2D eigenvalue weighted by Crippen LogP contribution is -2.14. The number of benzene rings is 2. The lowest BCUT2D eigenvalue weighted by Gasteiger charge is -2.23. The fraction of sp³-hybridized carbons (Fsp3) is 0.417. The van der Waals surface area contributed by atoms with Crippen molar-refractivity contribution in [1.82, 2.24) is 0 Å². The van der Waals surface area contributed by atoms with Crippen LogP contribution in [0.3, 0.4) is 0 Å². The molecule has 0 bridgehead atoms. The third-order valence-electron chi connectivity index (χ3n) is 6.51. The zero-order chi connectivity index (χ0) is 19.8. The summed E-state index contributed by atoms with van der Waals surface area (Å²) < 4.78 is 22.7. The van der Waals surface area contributed by atoms with Crippen LogP contribution in [0.2, 0.25) is 0 Å². The molecule has 2 aromatic rings. The number of hydrogen-bond donors (Lipinski definition) is 1. The van der Waals surface area contributed by atoms with Crippen molar-refractivity contribution in [1.29, 1.82) is 0 Å². The zero-order valence-corrected chi connectivity index (χ0v) is 17.4. The van der Waals surface area contributed by atoms with Gasteiger partial charge in [-0.05, 0) is 70.9 Å². The first-order valence-electron chi connectivity index (χ1n) is 10.3. The standard InChI is InChI=1S/C24H29NO2S/c1-2-18-5-9-20(10-6-18)22-15-24(13-3-4-14-24)16-23(22)21-11-7-19(8-12-21)17-28(25,26)27/h5-12H,2-4,13-17H2,1H3,(H2,25,26,27). The van der Waals surface area contributed by atoms with E-state index in [0.717, 1.165) is 24.8 Å². The van der Waals surface area contributed by atoms with Crippen molar-refractivity contribution in [3.8, 4) is 0 Å². The monoisotopic (exact) mass is 395 g/mol. The van der Waals surface area contributed by atoms with Crippen LogP contribution in [0.15, 0.2) is 48.5 Å². The highest BCUT2D eigenvalue weighted by Crippen LogP contribution is 2.57. The molecule has 0 heterocycles. The van der Waals surface area contributed by atoms with Gasteiger partial charge in [-0.2, -0.15) is 0 Å². The maximum Gasteiger partial charge on any atom is 0.213 e. The van der Waals surface area contributed by atoms with E-state index in [9.17, 15) is 8.42 Å². The maximum absolute atomic E-state index is 11.4. The number of primary sulfonamides is 1. The number of nitrogens with two attached hydrogens (primary N) is 1. The molecule has 1 fully saturated rings. The van der Waals surface area contributed by atoms with E-state index in [1.54, 1.807) is 0 Å². The van der Waals surface area contributed by atoms with Crippen molar-refractivity contribution < 1.29 is 8.42 Å². The van der Waals surface area contributed by atoms with Gasteiger partial charge in [0.2, 0.25) is 10.0 Å². The van der Waals surface area contributed by atoms with Crippen LogP contribution in [0.1, 0.15) is 67.7 Å². The molecule has 2 aliphatic carbocycles. The van der Waals surface area contributed by atoms with Gasteiger partial charge in [-0.1, -0.05) is 68.3 Å². The molecule has 1 spiro atoms. The quantitative estimate of drug-likeness (QED) is 0.746. The Morgan fingerprint density at radius 3 is 1.71 bits per heavy atom. The molecule has 0 radical (unpaired) electrons. The summed E-state index contributed by atoms with van der Waals surface area (Å²) in [6.07, 6.45) is 8.65. The molecule has 0 saturated heterocycles. The van der Waals surface area contributed by atoms with Gasteiger partial charge in [-0.25, -0.2) is 13.6 Å². The fourth-order valence-electron chi connectivity index (χ4n) is 5.03. The summed E-state index contributed by atoms with van der Waals surface area (Å²) in [4.78, 5) is 0. The molecule has 0 aromatic heterocycles. The lowest BCUT2D eigenvalue weighted by molar-refractivity contribution is 0.330. The first-order valence-corrected chi connectivity index (χ1v) is 12.0. The number of sulfonamides is 1. The van der Waals surface area contributed by atoms with Crippen LogP contribution in [0, 0.1) is 5.41 Å². The summed E-state index contributed by atoms with van der Waals surface area (Å²) in [6, 6.07) is 17.0. The van der Waals surface area contributed by atoms with Gasteiger partial charge in [0, 0.05) is 0 Å². The summed E-state index contributed by atoms with van der Waals surface area (Å²) >= 11 is 0. The van der Waals surface area contributed by atoms with E-state index in [4.69, 9.17) is 5.14 Å². The normalized spacial score (nSPS) is 18.9. The predicted octanol–water partition coefficient (Wildman–Crippen LogP) is 5.30. The van der Waals surface area contributed by atoms with Gasteiger partial charge >= 0.3 is 0 Å². The third-order valence-corrected chi connectivity index (χ3v) is 7.25. The van der Waals surface area contributed by atoms with Gasteiger partial charge in [-0.3, -0.25) is 0 Å². The summed E-state index contributed by atoms with van der Waals surface area (Å²) in [5, 5.41) is 5.19. The molecule has 0 aliphatic heterocycles. The second-order valence-electron chi connectivity index (χ2n) is 8.57. The smallest absolute Gasteiger partial charge is 0.213 e. The number of rotatable bonds is 5. The Bertz CT molecular complexity index is 980. The molecule has 2 aliphatic rings. The fourth-order valence-corrected chi connectivity index (χ4v) is 5.69. The summed E-state index contributed by atoms with van der Waals surface area (Å²) in [5.41, 5.74) is 8.01. The number of hydrogen-bond acceptors (Lipinski definition) is 2. The summed E-state index contributed by atoms with van der Waals surface area (Å²) in [5.74, 6) is -0.110. The van der Waals surface area contributed by atoms with E-state index in [1.165, 1.54) is 53.5 Å². The molecular weight excluding hydrogens is 366 g/mol. The Balaban J connectivity index is 1.70. The Labute approximate surface area is 168 Å². The topological polar surface area (TPSA) is 60.2 Å². The van der Waals surface area contributed by atoms with E-state index in [0.29, 0.717) is 5.41 Å². The highest BCUT2D eigenvalue weighted by Gasteiger charge is 2.41. The van der Waals surface area contributed by atoms with Crippen LogP contribution < -0.4 is 5.14 Å². The Morgan fingerprint density at radius 2 is 1.29 bits per heavy atom. The number of allylic oxidation sites excluding steroid dienone is 2. The van der Waals surface area contributed by atoms with E-state index < -0.39 is 10.0 Å². The molecule has 0 atom stereocenters. The Kier molecular flexibility index (Phi) is 5.19.